The van der Waals surface area contributed by atoms with Gasteiger partial charge in [-0.2, -0.15) is 5.26 Å². The smallest absolute Gasteiger partial charge is 0.216 e. The first-order valence-electron chi connectivity index (χ1n) is 10.4. The van der Waals surface area contributed by atoms with Crippen LogP contribution in [0.25, 0.3) is 49.2 Å². The first-order chi connectivity index (χ1) is 15.5. The van der Waals surface area contributed by atoms with Crippen LogP contribution < -0.4 is 4.57 Å². The normalized spacial score (nSPS) is 10.9. The highest BCUT2D eigenvalue weighted by molar-refractivity contribution is 6.14. The molecular formula is C28H20N3O+. The number of nitrogens with zero attached hydrogens (tertiary/aromatic N) is 3. The maximum absolute atomic E-state index is 9.85. The van der Waals surface area contributed by atoms with Crippen molar-refractivity contribution in [3.05, 3.63) is 95.0 Å². The molecule has 0 fully saturated rings. The lowest BCUT2D eigenvalue weighted by Crippen LogP contribution is -2.30. The van der Waals surface area contributed by atoms with Crippen molar-refractivity contribution in [2.75, 3.05) is 0 Å². The van der Waals surface area contributed by atoms with Gasteiger partial charge in [0.2, 0.25) is 5.69 Å². The highest BCUT2D eigenvalue weighted by atomic mass is 16.3. The fraction of sp³-hybridized carbons (Fsp3) is 0.107. The van der Waals surface area contributed by atoms with Crippen LogP contribution >= 0.6 is 0 Å². The van der Waals surface area contributed by atoms with Crippen LogP contribution in [0.5, 0.6) is 0 Å². The summed E-state index contributed by atoms with van der Waals surface area (Å²) in [5, 5.41) is 11.8. The third-order valence-corrected chi connectivity index (χ3v) is 5.99. The highest BCUT2D eigenvalue weighted by Gasteiger charge is 2.23. The fourth-order valence-electron chi connectivity index (χ4n) is 4.39. The van der Waals surface area contributed by atoms with Crippen LogP contribution in [0.15, 0.2) is 71.3 Å². The zero-order valence-corrected chi connectivity index (χ0v) is 18.1. The van der Waals surface area contributed by atoms with Crippen molar-refractivity contribution in [1.29, 1.82) is 5.26 Å². The minimum absolute atomic E-state index is 0.493. The molecule has 2 aromatic heterocycles. The molecule has 5 rings (SSSR count). The van der Waals surface area contributed by atoms with Gasteiger partial charge in [0.15, 0.2) is 11.9 Å². The summed E-state index contributed by atoms with van der Waals surface area (Å²) in [4.78, 5) is 3.68. The summed E-state index contributed by atoms with van der Waals surface area (Å²) in [6.07, 6.45) is 2.05. The van der Waals surface area contributed by atoms with Crippen molar-refractivity contribution >= 4 is 27.6 Å². The van der Waals surface area contributed by atoms with Crippen LogP contribution in [0.3, 0.4) is 0 Å². The van der Waals surface area contributed by atoms with Gasteiger partial charge in [-0.15, -0.1) is 0 Å². The van der Waals surface area contributed by atoms with E-state index in [-0.39, 0.29) is 0 Å². The van der Waals surface area contributed by atoms with E-state index < -0.39 is 0 Å². The SMILES string of the molecule is [C-]#[N+]c1ccccc1-c1c(C#N)ccc2c1oc1c(-c3cc(C)cc[n+]3C)c(C)ccc12. The Labute approximate surface area is 186 Å². The van der Waals surface area contributed by atoms with E-state index >= 15 is 0 Å². The lowest BCUT2D eigenvalue weighted by molar-refractivity contribution is -0.660. The third-order valence-electron chi connectivity index (χ3n) is 5.99. The summed E-state index contributed by atoms with van der Waals surface area (Å²) in [5.74, 6) is 0. The summed E-state index contributed by atoms with van der Waals surface area (Å²) < 4.78 is 8.67. The Hall–Kier alpha value is -4.41. The van der Waals surface area contributed by atoms with E-state index in [0.717, 1.165) is 33.2 Å². The predicted molar refractivity (Wildman–Crippen MR) is 126 cm³/mol. The molecule has 0 saturated heterocycles. The number of pyridine rings is 1. The zero-order valence-electron chi connectivity index (χ0n) is 18.1. The zero-order chi connectivity index (χ0) is 22.4. The number of para-hydroxylation sites is 1. The Morgan fingerprint density at radius 1 is 0.938 bits per heavy atom. The number of benzene rings is 3. The summed E-state index contributed by atoms with van der Waals surface area (Å²) in [6, 6.07) is 21.8. The van der Waals surface area contributed by atoms with E-state index in [0.29, 0.717) is 28.0 Å². The average molecular weight is 414 g/mol. The molecule has 0 saturated carbocycles. The summed E-state index contributed by atoms with van der Waals surface area (Å²) in [7, 11) is 2.03. The molecule has 3 aromatic carbocycles. The van der Waals surface area contributed by atoms with Gasteiger partial charge < -0.3 is 4.42 Å². The van der Waals surface area contributed by atoms with Gasteiger partial charge in [-0.05, 0) is 42.7 Å². The van der Waals surface area contributed by atoms with Gasteiger partial charge in [-0.3, -0.25) is 0 Å². The topological polar surface area (TPSA) is 45.2 Å². The molecule has 0 amide bonds. The molecule has 0 radical (unpaired) electrons. The number of hydrogen-bond acceptors (Lipinski definition) is 2. The van der Waals surface area contributed by atoms with E-state index in [2.05, 4.69) is 59.8 Å². The Morgan fingerprint density at radius 2 is 1.66 bits per heavy atom. The molecule has 4 nitrogen and oxygen atoms in total. The molecule has 0 aliphatic carbocycles. The number of aryl methyl sites for hydroxylation is 3. The lowest BCUT2D eigenvalue weighted by Gasteiger charge is -2.07. The number of fused-ring (bicyclic) bond motifs is 3. The molecule has 2 heterocycles. The molecule has 0 aliphatic rings. The van der Waals surface area contributed by atoms with Crippen LogP contribution in [0.1, 0.15) is 16.7 Å². The molecule has 152 valence electrons. The van der Waals surface area contributed by atoms with E-state index in [1.807, 2.05) is 37.4 Å². The monoisotopic (exact) mass is 414 g/mol. The lowest BCUT2D eigenvalue weighted by atomic mass is 9.95. The third kappa shape index (κ3) is 2.86. The molecule has 5 aromatic rings. The average Bonchev–Trinajstić information content (AvgIpc) is 3.18. The first kappa shape index (κ1) is 19.5. The summed E-state index contributed by atoms with van der Waals surface area (Å²) in [6.45, 7) is 11.8. The summed E-state index contributed by atoms with van der Waals surface area (Å²) >= 11 is 0. The second-order valence-corrected chi connectivity index (χ2v) is 8.04. The Morgan fingerprint density at radius 3 is 2.41 bits per heavy atom. The van der Waals surface area contributed by atoms with Crippen molar-refractivity contribution < 1.29 is 8.98 Å². The Bertz CT molecular complexity index is 1630. The van der Waals surface area contributed by atoms with Crippen LogP contribution in [-0.2, 0) is 7.05 Å². The largest absolute Gasteiger partial charge is 0.455 e. The van der Waals surface area contributed by atoms with Gasteiger partial charge in [0.05, 0.1) is 23.8 Å². The van der Waals surface area contributed by atoms with Gasteiger partial charge >= 0.3 is 0 Å². The number of hydrogen-bond donors (Lipinski definition) is 0. The Balaban J connectivity index is 1.95. The van der Waals surface area contributed by atoms with Crippen molar-refractivity contribution in [1.82, 2.24) is 0 Å². The van der Waals surface area contributed by atoms with Crippen LogP contribution in [0, 0.1) is 31.8 Å². The van der Waals surface area contributed by atoms with E-state index in [4.69, 9.17) is 11.0 Å². The van der Waals surface area contributed by atoms with Gasteiger partial charge in [0, 0.05) is 28.5 Å². The quantitative estimate of drug-likeness (QED) is 0.236. The Kier molecular flexibility index (Phi) is 4.51. The van der Waals surface area contributed by atoms with Crippen LogP contribution in [-0.4, -0.2) is 0 Å². The van der Waals surface area contributed by atoms with Gasteiger partial charge in [-0.1, -0.05) is 36.4 Å². The van der Waals surface area contributed by atoms with E-state index in [1.54, 1.807) is 6.07 Å². The maximum Gasteiger partial charge on any atom is 0.216 e. The van der Waals surface area contributed by atoms with Crippen molar-refractivity contribution in [3.63, 3.8) is 0 Å². The van der Waals surface area contributed by atoms with Crippen molar-refractivity contribution in [2.45, 2.75) is 13.8 Å². The minimum Gasteiger partial charge on any atom is -0.455 e. The number of aromatic nitrogens is 1. The summed E-state index contributed by atoms with van der Waals surface area (Å²) in [5.41, 5.74) is 8.18. The molecule has 0 spiro atoms. The molecule has 0 atom stereocenters. The minimum atomic E-state index is 0.493. The number of furan rings is 1. The number of nitriles is 1. The van der Waals surface area contributed by atoms with Gasteiger partial charge in [0.25, 0.3) is 0 Å². The molecular weight excluding hydrogens is 394 g/mol. The highest BCUT2D eigenvalue weighted by Crippen LogP contribution is 2.43. The molecule has 0 N–H and O–H groups in total. The van der Waals surface area contributed by atoms with Gasteiger partial charge in [0.1, 0.15) is 18.2 Å². The van der Waals surface area contributed by atoms with E-state index in [9.17, 15) is 5.26 Å². The number of rotatable bonds is 2. The first-order valence-corrected chi connectivity index (χ1v) is 10.4. The maximum atomic E-state index is 9.85. The molecule has 0 aliphatic heterocycles. The van der Waals surface area contributed by atoms with Crippen molar-refractivity contribution in [3.8, 4) is 28.5 Å². The standard InChI is InChI=1S/C28H20N3O/c1-17-13-14-31(4)24(15-17)25-18(2)9-11-20-21-12-10-19(16-29)26(28(21)32-27(20)25)22-7-5-6-8-23(22)30-3/h5-15H,1-2,4H3/q+1. The second kappa shape index (κ2) is 7.38. The molecule has 0 bridgehead atoms. The van der Waals surface area contributed by atoms with Crippen LogP contribution in [0.4, 0.5) is 5.69 Å². The molecule has 0 unspecified atom stereocenters. The van der Waals surface area contributed by atoms with Gasteiger partial charge in [-0.25, -0.2) is 9.41 Å². The fourth-order valence-corrected chi connectivity index (χ4v) is 4.39. The molecule has 32 heavy (non-hydrogen) atoms. The second-order valence-electron chi connectivity index (χ2n) is 8.04. The van der Waals surface area contributed by atoms with Crippen LogP contribution in [0.2, 0.25) is 0 Å². The van der Waals surface area contributed by atoms with Crippen molar-refractivity contribution in [2.24, 2.45) is 7.05 Å². The van der Waals surface area contributed by atoms with E-state index in [1.165, 1.54) is 5.56 Å². The molecule has 4 heteroatoms. The predicted octanol–water partition coefficient (Wildman–Crippen LogP) is 6.78.